The number of hydrogen-bond acceptors (Lipinski definition) is 2. The molecule has 1 aromatic rings. The van der Waals surface area contributed by atoms with Crippen molar-refractivity contribution < 1.29 is 9.84 Å². The number of ether oxygens (including phenoxy) is 1. The monoisotopic (exact) mass is 262 g/mol. The van der Waals surface area contributed by atoms with E-state index in [1.807, 2.05) is 18.2 Å². The fourth-order valence-corrected chi connectivity index (χ4v) is 3.32. The van der Waals surface area contributed by atoms with Crippen LogP contribution in [0.5, 0.6) is 5.75 Å². The topological polar surface area (TPSA) is 29.5 Å². The number of aliphatic hydroxyl groups is 1. The average Bonchev–Trinajstić information content (AvgIpc) is 2.35. The van der Waals surface area contributed by atoms with Crippen molar-refractivity contribution in [2.45, 2.75) is 52.1 Å². The maximum Gasteiger partial charge on any atom is 0.119 e. The van der Waals surface area contributed by atoms with Gasteiger partial charge in [0.15, 0.2) is 0 Å². The van der Waals surface area contributed by atoms with E-state index in [-0.39, 0.29) is 0 Å². The highest BCUT2D eigenvalue weighted by Crippen LogP contribution is 2.45. The van der Waals surface area contributed by atoms with E-state index in [0.29, 0.717) is 11.3 Å². The van der Waals surface area contributed by atoms with Crippen LogP contribution in [0.25, 0.3) is 0 Å². The Hall–Kier alpha value is -1.02. The van der Waals surface area contributed by atoms with Crippen LogP contribution in [0.4, 0.5) is 0 Å². The van der Waals surface area contributed by atoms with Gasteiger partial charge in [-0.05, 0) is 48.3 Å². The van der Waals surface area contributed by atoms with Crippen LogP contribution in [-0.4, -0.2) is 17.8 Å². The maximum absolute atomic E-state index is 10.9. The van der Waals surface area contributed by atoms with Gasteiger partial charge in [-0.2, -0.15) is 0 Å². The number of hydrogen-bond donors (Lipinski definition) is 1. The zero-order valence-electron chi connectivity index (χ0n) is 12.6. The molecule has 19 heavy (non-hydrogen) atoms. The summed E-state index contributed by atoms with van der Waals surface area (Å²) >= 11 is 0. The molecular formula is C17H26O2. The summed E-state index contributed by atoms with van der Waals surface area (Å²) in [5, 5.41) is 10.9. The van der Waals surface area contributed by atoms with Crippen LogP contribution in [-0.2, 0) is 6.42 Å². The van der Waals surface area contributed by atoms with Gasteiger partial charge < -0.3 is 9.84 Å². The van der Waals surface area contributed by atoms with Gasteiger partial charge in [0.25, 0.3) is 0 Å². The Morgan fingerprint density at radius 3 is 2.68 bits per heavy atom. The van der Waals surface area contributed by atoms with Crippen molar-refractivity contribution in [2.24, 2.45) is 11.3 Å². The van der Waals surface area contributed by atoms with Gasteiger partial charge in [-0.15, -0.1) is 0 Å². The first-order chi connectivity index (χ1) is 8.85. The number of rotatable bonds is 3. The second-order valence-corrected chi connectivity index (χ2v) is 6.90. The van der Waals surface area contributed by atoms with Gasteiger partial charge in [0.2, 0.25) is 0 Å². The van der Waals surface area contributed by atoms with E-state index in [2.05, 4.69) is 26.8 Å². The summed E-state index contributed by atoms with van der Waals surface area (Å²) in [5.74, 6) is 1.20. The van der Waals surface area contributed by atoms with Crippen molar-refractivity contribution in [3.63, 3.8) is 0 Å². The molecule has 2 atom stereocenters. The van der Waals surface area contributed by atoms with E-state index in [4.69, 9.17) is 4.74 Å². The summed E-state index contributed by atoms with van der Waals surface area (Å²) < 4.78 is 5.26. The van der Waals surface area contributed by atoms with Crippen molar-refractivity contribution in [1.82, 2.24) is 0 Å². The molecule has 1 N–H and O–H groups in total. The Kier molecular flexibility index (Phi) is 3.91. The Morgan fingerprint density at radius 2 is 2.05 bits per heavy atom. The molecule has 2 unspecified atom stereocenters. The Labute approximate surface area is 116 Å². The summed E-state index contributed by atoms with van der Waals surface area (Å²) in [5.41, 5.74) is 0.954. The molecule has 0 spiro atoms. The SMILES string of the molecule is COc1cccc(CC2(O)CCC(C)(C)CC2C)c1. The van der Waals surface area contributed by atoms with E-state index < -0.39 is 5.60 Å². The molecule has 1 aliphatic rings. The molecule has 2 nitrogen and oxygen atoms in total. The van der Waals surface area contributed by atoms with Crippen LogP contribution < -0.4 is 4.74 Å². The van der Waals surface area contributed by atoms with Gasteiger partial charge in [0.05, 0.1) is 12.7 Å². The molecular weight excluding hydrogens is 236 g/mol. The lowest BCUT2D eigenvalue weighted by molar-refractivity contribution is -0.0704. The lowest BCUT2D eigenvalue weighted by Crippen LogP contribution is -2.45. The summed E-state index contributed by atoms with van der Waals surface area (Å²) in [7, 11) is 1.68. The van der Waals surface area contributed by atoms with Crippen LogP contribution in [0.2, 0.25) is 0 Å². The normalized spacial score (nSPS) is 30.1. The Bertz CT molecular complexity index is 439. The lowest BCUT2D eigenvalue weighted by atomic mass is 9.64. The highest BCUT2D eigenvalue weighted by Gasteiger charge is 2.42. The van der Waals surface area contributed by atoms with E-state index in [0.717, 1.165) is 37.0 Å². The third kappa shape index (κ3) is 3.30. The molecule has 0 amide bonds. The van der Waals surface area contributed by atoms with Gasteiger partial charge in [0.1, 0.15) is 5.75 Å². The molecule has 0 bridgehead atoms. The fourth-order valence-electron chi connectivity index (χ4n) is 3.32. The summed E-state index contributed by atoms with van der Waals surface area (Å²) in [6, 6.07) is 8.05. The fraction of sp³-hybridized carbons (Fsp3) is 0.647. The molecule has 0 saturated heterocycles. The highest BCUT2D eigenvalue weighted by molar-refractivity contribution is 5.29. The Morgan fingerprint density at radius 1 is 1.32 bits per heavy atom. The molecule has 0 radical (unpaired) electrons. The van der Waals surface area contributed by atoms with Crippen molar-refractivity contribution >= 4 is 0 Å². The molecule has 2 heteroatoms. The summed E-state index contributed by atoms with van der Waals surface area (Å²) in [6.07, 6.45) is 3.80. The molecule has 0 heterocycles. The quantitative estimate of drug-likeness (QED) is 0.897. The van der Waals surface area contributed by atoms with Gasteiger partial charge in [-0.1, -0.05) is 32.9 Å². The van der Waals surface area contributed by atoms with E-state index in [1.165, 1.54) is 0 Å². The second kappa shape index (κ2) is 5.16. The van der Waals surface area contributed by atoms with Crippen LogP contribution in [0.15, 0.2) is 24.3 Å². The minimum Gasteiger partial charge on any atom is -0.497 e. The largest absolute Gasteiger partial charge is 0.497 e. The molecule has 0 aromatic heterocycles. The van der Waals surface area contributed by atoms with Gasteiger partial charge in [-0.25, -0.2) is 0 Å². The minimum atomic E-state index is -0.568. The maximum atomic E-state index is 10.9. The average molecular weight is 262 g/mol. The molecule has 1 saturated carbocycles. The van der Waals surface area contributed by atoms with Crippen LogP contribution in [0.3, 0.4) is 0 Å². The molecule has 1 aromatic carbocycles. The zero-order chi connectivity index (χ0) is 14.1. The predicted octanol–water partition coefficient (Wildman–Crippen LogP) is 3.82. The molecule has 106 valence electrons. The molecule has 1 aliphatic carbocycles. The Balaban J connectivity index is 2.13. The predicted molar refractivity (Wildman–Crippen MR) is 78.4 cm³/mol. The van der Waals surface area contributed by atoms with Crippen molar-refractivity contribution in [2.75, 3.05) is 7.11 Å². The smallest absolute Gasteiger partial charge is 0.119 e. The van der Waals surface area contributed by atoms with E-state index in [9.17, 15) is 5.11 Å². The molecule has 1 fully saturated rings. The number of benzene rings is 1. The second-order valence-electron chi connectivity index (χ2n) is 6.90. The molecule has 2 rings (SSSR count). The molecule has 0 aliphatic heterocycles. The third-order valence-corrected chi connectivity index (χ3v) is 4.66. The van der Waals surface area contributed by atoms with Crippen molar-refractivity contribution in [1.29, 1.82) is 0 Å². The van der Waals surface area contributed by atoms with E-state index >= 15 is 0 Å². The highest BCUT2D eigenvalue weighted by atomic mass is 16.5. The van der Waals surface area contributed by atoms with Crippen LogP contribution in [0, 0.1) is 11.3 Å². The zero-order valence-corrected chi connectivity index (χ0v) is 12.6. The van der Waals surface area contributed by atoms with Gasteiger partial charge in [0, 0.05) is 6.42 Å². The minimum absolute atomic E-state index is 0.336. The van der Waals surface area contributed by atoms with Gasteiger partial charge in [-0.3, -0.25) is 0 Å². The van der Waals surface area contributed by atoms with Crippen LogP contribution >= 0.6 is 0 Å². The summed E-state index contributed by atoms with van der Waals surface area (Å²) in [4.78, 5) is 0. The third-order valence-electron chi connectivity index (χ3n) is 4.66. The standard InChI is InChI=1S/C17H26O2/c1-13-11-16(2,3)8-9-17(13,18)12-14-6-5-7-15(10-14)19-4/h5-7,10,13,18H,8-9,11-12H2,1-4H3. The summed E-state index contributed by atoms with van der Waals surface area (Å²) in [6.45, 7) is 6.78. The van der Waals surface area contributed by atoms with Crippen LogP contribution in [0.1, 0.15) is 45.6 Å². The van der Waals surface area contributed by atoms with Gasteiger partial charge >= 0.3 is 0 Å². The van der Waals surface area contributed by atoms with E-state index in [1.54, 1.807) is 7.11 Å². The van der Waals surface area contributed by atoms with Crippen molar-refractivity contribution in [3.8, 4) is 5.75 Å². The first-order valence-corrected chi connectivity index (χ1v) is 7.20. The number of methoxy groups -OCH3 is 1. The first-order valence-electron chi connectivity index (χ1n) is 7.20. The lowest BCUT2D eigenvalue weighted by Gasteiger charge is -2.45. The van der Waals surface area contributed by atoms with Crippen molar-refractivity contribution in [3.05, 3.63) is 29.8 Å². The first kappa shape index (κ1) is 14.4.